The molecule has 0 unspecified atom stereocenters. The Hall–Kier alpha value is -1.51. The molecule has 0 saturated carbocycles. The lowest BCUT2D eigenvalue weighted by Gasteiger charge is -2.03. The van der Waals surface area contributed by atoms with E-state index in [2.05, 4.69) is 0 Å². The van der Waals surface area contributed by atoms with E-state index in [1.54, 1.807) is 6.07 Å². The van der Waals surface area contributed by atoms with E-state index in [1.807, 2.05) is 19.1 Å². The first-order valence-corrected chi connectivity index (χ1v) is 4.03. The summed E-state index contributed by atoms with van der Waals surface area (Å²) in [7, 11) is 0. The van der Waals surface area contributed by atoms with Gasteiger partial charge in [0, 0.05) is 6.07 Å². The second-order valence-corrected chi connectivity index (χ2v) is 2.56. The fourth-order valence-electron chi connectivity index (χ4n) is 0.838. The number of benzene rings is 1. The summed E-state index contributed by atoms with van der Waals surface area (Å²) in [6, 6.07) is 4.40. The minimum atomic E-state index is -0.446. The van der Waals surface area contributed by atoms with Gasteiger partial charge in [-0.3, -0.25) is 0 Å². The number of ether oxygens (including phenoxy) is 1. The molecule has 1 aromatic rings. The summed E-state index contributed by atoms with van der Waals surface area (Å²) >= 11 is 0. The molecule has 1 aromatic carbocycles. The number of allylic oxidation sites excluding steroid dienone is 1. The van der Waals surface area contributed by atoms with Crippen molar-refractivity contribution in [3.8, 4) is 5.75 Å². The van der Waals surface area contributed by atoms with Crippen LogP contribution in [0.1, 0.15) is 6.92 Å². The molecule has 0 aliphatic heterocycles. The zero-order valence-corrected chi connectivity index (χ0v) is 7.46. The van der Waals surface area contributed by atoms with Crippen molar-refractivity contribution in [1.82, 2.24) is 0 Å². The lowest BCUT2D eigenvalue weighted by Crippen LogP contribution is -1.95. The van der Waals surface area contributed by atoms with Gasteiger partial charge in [0.15, 0.2) is 0 Å². The molecule has 0 aliphatic rings. The Bertz CT molecular complexity index is 310. The van der Waals surface area contributed by atoms with Crippen molar-refractivity contribution in [1.29, 1.82) is 0 Å². The molecule has 0 fully saturated rings. The molecular weight excluding hydrogens is 169 g/mol. The van der Waals surface area contributed by atoms with E-state index in [0.717, 1.165) is 0 Å². The number of halogens is 1. The Morgan fingerprint density at radius 2 is 2.31 bits per heavy atom. The number of anilines is 1. The highest BCUT2D eigenvalue weighted by Gasteiger charge is 1.99. The molecule has 0 aliphatic carbocycles. The SMILES string of the molecule is C/C=C/COc1ccc(N)c(F)c1. The van der Waals surface area contributed by atoms with Gasteiger partial charge in [-0.25, -0.2) is 4.39 Å². The van der Waals surface area contributed by atoms with Crippen LogP contribution in [0.25, 0.3) is 0 Å². The van der Waals surface area contributed by atoms with Gasteiger partial charge >= 0.3 is 0 Å². The van der Waals surface area contributed by atoms with Crippen LogP contribution in [0.4, 0.5) is 10.1 Å². The van der Waals surface area contributed by atoms with E-state index < -0.39 is 5.82 Å². The molecule has 0 atom stereocenters. The van der Waals surface area contributed by atoms with Gasteiger partial charge in [-0.2, -0.15) is 0 Å². The van der Waals surface area contributed by atoms with Crippen LogP contribution in [0.2, 0.25) is 0 Å². The molecule has 2 N–H and O–H groups in total. The normalized spacial score (nSPS) is 10.6. The van der Waals surface area contributed by atoms with E-state index in [9.17, 15) is 4.39 Å². The molecule has 0 radical (unpaired) electrons. The molecule has 2 nitrogen and oxygen atoms in total. The van der Waals surface area contributed by atoms with E-state index in [-0.39, 0.29) is 5.69 Å². The third-order valence-electron chi connectivity index (χ3n) is 1.55. The summed E-state index contributed by atoms with van der Waals surface area (Å²) in [5.74, 6) is 0.0442. The van der Waals surface area contributed by atoms with Gasteiger partial charge < -0.3 is 10.5 Å². The zero-order chi connectivity index (χ0) is 9.68. The topological polar surface area (TPSA) is 35.2 Å². The lowest BCUT2D eigenvalue weighted by molar-refractivity contribution is 0.360. The highest BCUT2D eigenvalue weighted by molar-refractivity contribution is 5.43. The second-order valence-electron chi connectivity index (χ2n) is 2.56. The van der Waals surface area contributed by atoms with Crippen LogP contribution in [-0.2, 0) is 0 Å². The van der Waals surface area contributed by atoms with Gasteiger partial charge in [0.25, 0.3) is 0 Å². The van der Waals surface area contributed by atoms with Crippen molar-refractivity contribution in [2.45, 2.75) is 6.92 Å². The minimum Gasteiger partial charge on any atom is -0.489 e. The third-order valence-corrected chi connectivity index (χ3v) is 1.55. The number of nitrogens with two attached hydrogens (primary N) is 1. The summed E-state index contributed by atoms with van der Waals surface area (Å²) < 4.78 is 18.1. The zero-order valence-electron chi connectivity index (χ0n) is 7.46. The quantitative estimate of drug-likeness (QED) is 0.574. The van der Waals surface area contributed by atoms with Crippen LogP contribution < -0.4 is 10.5 Å². The molecule has 0 bridgehead atoms. The van der Waals surface area contributed by atoms with E-state index in [1.165, 1.54) is 12.1 Å². The Balaban J connectivity index is 2.63. The van der Waals surface area contributed by atoms with Gasteiger partial charge in [-0.15, -0.1) is 0 Å². The average Bonchev–Trinajstić information content (AvgIpc) is 2.12. The molecule has 1 rings (SSSR count). The maximum absolute atomic E-state index is 12.9. The monoisotopic (exact) mass is 181 g/mol. The summed E-state index contributed by atoms with van der Waals surface area (Å²) in [6.45, 7) is 2.34. The number of nitrogen functional groups attached to an aromatic ring is 1. The largest absolute Gasteiger partial charge is 0.489 e. The van der Waals surface area contributed by atoms with Gasteiger partial charge in [-0.05, 0) is 19.1 Å². The highest BCUT2D eigenvalue weighted by atomic mass is 19.1. The summed E-state index contributed by atoms with van der Waals surface area (Å²) in [5.41, 5.74) is 5.44. The van der Waals surface area contributed by atoms with Crippen molar-refractivity contribution < 1.29 is 9.13 Å². The van der Waals surface area contributed by atoms with E-state index in [0.29, 0.717) is 12.4 Å². The predicted molar refractivity (Wildman–Crippen MR) is 51.1 cm³/mol. The van der Waals surface area contributed by atoms with Crippen LogP contribution in [0.15, 0.2) is 30.4 Å². The first kappa shape index (κ1) is 9.58. The van der Waals surface area contributed by atoms with Gasteiger partial charge in [0.1, 0.15) is 18.2 Å². The Labute approximate surface area is 76.8 Å². The molecular formula is C10H12FNO. The van der Waals surface area contributed by atoms with Crippen molar-refractivity contribution in [3.05, 3.63) is 36.2 Å². The molecule has 0 heterocycles. The number of hydrogen-bond donors (Lipinski definition) is 1. The van der Waals surface area contributed by atoms with Crippen LogP contribution in [0.3, 0.4) is 0 Å². The maximum Gasteiger partial charge on any atom is 0.149 e. The first-order valence-electron chi connectivity index (χ1n) is 4.03. The van der Waals surface area contributed by atoms with Crippen molar-refractivity contribution in [2.75, 3.05) is 12.3 Å². The van der Waals surface area contributed by atoms with E-state index in [4.69, 9.17) is 10.5 Å². The van der Waals surface area contributed by atoms with Gasteiger partial charge in [-0.1, -0.05) is 12.2 Å². The van der Waals surface area contributed by atoms with Gasteiger partial charge in [0.05, 0.1) is 5.69 Å². The van der Waals surface area contributed by atoms with Crippen molar-refractivity contribution in [3.63, 3.8) is 0 Å². The predicted octanol–water partition coefficient (Wildman–Crippen LogP) is 2.36. The fraction of sp³-hybridized carbons (Fsp3) is 0.200. The molecule has 0 aromatic heterocycles. The van der Waals surface area contributed by atoms with Crippen LogP contribution in [-0.4, -0.2) is 6.61 Å². The molecule has 0 spiro atoms. The molecule has 70 valence electrons. The smallest absolute Gasteiger partial charge is 0.149 e. The maximum atomic E-state index is 12.9. The fourth-order valence-corrected chi connectivity index (χ4v) is 0.838. The second kappa shape index (κ2) is 4.50. The van der Waals surface area contributed by atoms with Crippen LogP contribution >= 0.6 is 0 Å². The standard InChI is InChI=1S/C10H12FNO/c1-2-3-6-13-8-4-5-10(12)9(11)7-8/h2-5,7H,6,12H2,1H3/b3-2+. The third kappa shape index (κ3) is 2.78. The number of hydrogen-bond acceptors (Lipinski definition) is 2. The van der Waals surface area contributed by atoms with Crippen LogP contribution in [0, 0.1) is 5.82 Å². The van der Waals surface area contributed by atoms with E-state index >= 15 is 0 Å². The molecule has 3 heteroatoms. The van der Waals surface area contributed by atoms with Gasteiger partial charge in [0.2, 0.25) is 0 Å². The average molecular weight is 181 g/mol. The van der Waals surface area contributed by atoms with Crippen molar-refractivity contribution in [2.24, 2.45) is 0 Å². The van der Waals surface area contributed by atoms with Crippen molar-refractivity contribution >= 4 is 5.69 Å². The molecule has 0 amide bonds. The lowest BCUT2D eigenvalue weighted by atomic mass is 10.3. The Kier molecular flexibility index (Phi) is 3.31. The Morgan fingerprint density at radius 1 is 1.54 bits per heavy atom. The number of rotatable bonds is 3. The highest BCUT2D eigenvalue weighted by Crippen LogP contribution is 2.17. The minimum absolute atomic E-state index is 0.137. The summed E-state index contributed by atoms with van der Waals surface area (Å²) in [5, 5.41) is 0. The Morgan fingerprint density at radius 3 is 2.92 bits per heavy atom. The molecule has 13 heavy (non-hydrogen) atoms. The van der Waals surface area contributed by atoms with Crippen LogP contribution in [0.5, 0.6) is 5.75 Å². The summed E-state index contributed by atoms with van der Waals surface area (Å²) in [6.07, 6.45) is 3.71. The first-order chi connectivity index (χ1) is 6.24. The summed E-state index contributed by atoms with van der Waals surface area (Å²) in [4.78, 5) is 0. The molecule has 0 saturated heterocycles.